The molecule has 0 spiro atoms. The molecule has 0 aromatic heterocycles. The summed E-state index contributed by atoms with van der Waals surface area (Å²) in [5, 5.41) is 0. The van der Waals surface area contributed by atoms with Crippen LogP contribution in [0.25, 0.3) is 6.08 Å². The third kappa shape index (κ3) is 5.14. The summed E-state index contributed by atoms with van der Waals surface area (Å²) in [6.07, 6.45) is 3.30. The molecule has 3 rings (SSSR count). The quantitative estimate of drug-likeness (QED) is 0.245. The van der Waals surface area contributed by atoms with Gasteiger partial charge in [0.15, 0.2) is 5.78 Å². The number of para-hydroxylation sites is 1. The lowest BCUT2D eigenvalue weighted by Gasteiger charge is -2.11. The molecule has 3 aromatic rings. The second-order valence-electron chi connectivity index (χ2n) is 6.80. The van der Waals surface area contributed by atoms with E-state index in [1.54, 1.807) is 54.6 Å². The van der Waals surface area contributed by atoms with Gasteiger partial charge in [0.25, 0.3) is 0 Å². The van der Waals surface area contributed by atoms with Gasteiger partial charge in [-0.25, -0.2) is 4.79 Å². The summed E-state index contributed by atoms with van der Waals surface area (Å²) in [6.45, 7) is 0. The van der Waals surface area contributed by atoms with Gasteiger partial charge in [0, 0.05) is 25.3 Å². The molecule has 0 unspecified atom stereocenters. The van der Waals surface area contributed by atoms with Crippen LogP contribution >= 0.6 is 0 Å². The second kappa shape index (κ2) is 9.56. The van der Waals surface area contributed by atoms with Gasteiger partial charge in [0.1, 0.15) is 17.1 Å². The van der Waals surface area contributed by atoms with Crippen molar-refractivity contribution < 1.29 is 19.1 Å². The van der Waals surface area contributed by atoms with E-state index in [0.717, 1.165) is 11.3 Å². The van der Waals surface area contributed by atoms with Crippen LogP contribution in [0.2, 0.25) is 0 Å². The third-order valence-corrected chi connectivity index (χ3v) is 4.51. The van der Waals surface area contributed by atoms with Crippen LogP contribution in [0, 0.1) is 0 Å². The fourth-order valence-electron chi connectivity index (χ4n) is 2.81. The molecule has 0 N–H and O–H groups in total. The molecule has 0 saturated heterocycles. The molecule has 152 valence electrons. The summed E-state index contributed by atoms with van der Waals surface area (Å²) in [4.78, 5) is 26.8. The van der Waals surface area contributed by atoms with Gasteiger partial charge in [0.2, 0.25) is 0 Å². The molecular weight excluding hydrogens is 378 g/mol. The van der Waals surface area contributed by atoms with Gasteiger partial charge in [-0.15, -0.1) is 0 Å². The average molecular weight is 401 g/mol. The number of ether oxygens (including phenoxy) is 2. The van der Waals surface area contributed by atoms with Crippen molar-refractivity contribution in [2.75, 3.05) is 26.1 Å². The van der Waals surface area contributed by atoms with E-state index in [1.807, 2.05) is 43.3 Å². The molecule has 0 aliphatic carbocycles. The van der Waals surface area contributed by atoms with Crippen molar-refractivity contribution in [3.05, 3.63) is 95.6 Å². The number of hydrogen-bond acceptors (Lipinski definition) is 5. The molecule has 0 radical (unpaired) electrons. The zero-order chi connectivity index (χ0) is 21.5. The smallest absolute Gasteiger partial charge is 0.347 e. The van der Waals surface area contributed by atoms with Gasteiger partial charge >= 0.3 is 5.97 Å². The van der Waals surface area contributed by atoms with Crippen LogP contribution in [0.3, 0.4) is 0 Å². The molecule has 5 heteroatoms. The summed E-state index contributed by atoms with van der Waals surface area (Å²) in [5.41, 5.74) is 2.88. The highest BCUT2D eigenvalue weighted by atomic mass is 16.5. The number of methoxy groups -OCH3 is 1. The molecular formula is C25H23NO4. The van der Waals surface area contributed by atoms with Crippen molar-refractivity contribution in [2.24, 2.45) is 0 Å². The highest BCUT2D eigenvalue weighted by Crippen LogP contribution is 2.21. The Bertz CT molecular complexity index is 1050. The summed E-state index contributed by atoms with van der Waals surface area (Å²) in [5.74, 6) is 0.144. The molecule has 0 saturated carbocycles. The number of rotatable bonds is 7. The maximum absolute atomic E-state index is 12.4. The monoisotopic (exact) mass is 401 g/mol. The number of hydrogen-bond donors (Lipinski definition) is 0. The topological polar surface area (TPSA) is 55.8 Å². The van der Waals surface area contributed by atoms with Gasteiger partial charge in [-0.2, -0.15) is 0 Å². The normalized spacial score (nSPS) is 10.6. The highest BCUT2D eigenvalue weighted by molar-refractivity contribution is 6.07. The molecule has 0 atom stereocenters. The van der Waals surface area contributed by atoms with Crippen LogP contribution in [-0.2, 0) is 0 Å². The standard InChI is InChI=1S/C25H23NO4/c1-26(2)20-13-8-18(9-14-20)10-17-23(27)19-11-15-21(16-12-19)30-25(28)22-6-4-5-7-24(22)29-3/h4-17H,1-3H3/b17-10-. The summed E-state index contributed by atoms with van der Waals surface area (Å²) >= 11 is 0. The van der Waals surface area contributed by atoms with E-state index in [9.17, 15) is 9.59 Å². The fourth-order valence-corrected chi connectivity index (χ4v) is 2.81. The summed E-state index contributed by atoms with van der Waals surface area (Å²) in [6, 6.07) is 21.2. The Morgan fingerprint density at radius 2 is 1.53 bits per heavy atom. The molecule has 0 fully saturated rings. The van der Waals surface area contributed by atoms with Crippen molar-refractivity contribution in [1.29, 1.82) is 0 Å². The Morgan fingerprint density at radius 1 is 0.867 bits per heavy atom. The minimum atomic E-state index is -0.521. The van der Waals surface area contributed by atoms with Crippen molar-refractivity contribution in [3.8, 4) is 11.5 Å². The molecule has 0 amide bonds. The first-order chi connectivity index (χ1) is 14.5. The predicted octanol–water partition coefficient (Wildman–Crippen LogP) is 4.88. The fraction of sp³-hybridized carbons (Fsp3) is 0.120. The average Bonchev–Trinajstić information content (AvgIpc) is 2.78. The summed E-state index contributed by atoms with van der Waals surface area (Å²) in [7, 11) is 5.45. The van der Waals surface area contributed by atoms with Crippen LogP contribution in [0.4, 0.5) is 5.69 Å². The van der Waals surface area contributed by atoms with E-state index in [1.165, 1.54) is 13.2 Å². The van der Waals surface area contributed by atoms with Crippen LogP contribution in [0.15, 0.2) is 78.9 Å². The first-order valence-electron chi connectivity index (χ1n) is 9.43. The number of carbonyl (C=O) groups is 2. The van der Waals surface area contributed by atoms with Gasteiger partial charge < -0.3 is 14.4 Å². The van der Waals surface area contributed by atoms with Gasteiger partial charge in [-0.3, -0.25) is 4.79 Å². The number of benzene rings is 3. The number of nitrogens with zero attached hydrogens (tertiary/aromatic N) is 1. The lowest BCUT2D eigenvalue weighted by Crippen LogP contribution is -2.10. The van der Waals surface area contributed by atoms with E-state index in [0.29, 0.717) is 22.6 Å². The Kier molecular flexibility index (Phi) is 6.65. The highest BCUT2D eigenvalue weighted by Gasteiger charge is 2.14. The summed E-state index contributed by atoms with van der Waals surface area (Å²) < 4.78 is 10.6. The third-order valence-electron chi connectivity index (χ3n) is 4.51. The van der Waals surface area contributed by atoms with E-state index in [4.69, 9.17) is 9.47 Å². The lowest BCUT2D eigenvalue weighted by molar-refractivity contribution is 0.0731. The molecule has 0 aliphatic heterocycles. The van der Waals surface area contributed by atoms with E-state index < -0.39 is 5.97 Å². The number of allylic oxidation sites excluding steroid dienone is 1. The second-order valence-corrected chi connectivity index (χ2v) is 6.80. The van der Waals surface area contributed by atoms with Crippen molar-refractivity contribution >= 4 is 23.5 Å². The minimum absolute atomic E-state index is 0.130. The molecule has 30 heavy (non-hydrogen) atoms. The number of anilines is 1. The van der Waals surface area contributed by atoms with Gasteiger partial charge in [-0.05, 0) is 60.2 Å². The lowest BCUT2D eigenvalue weighted by atomic mass is 10.1. The van der Waals surface area contributed by atoms with E-state index >= 15 is 0 Å². The molecule has 5 nitrogen and oxygen atoms in total. The minimum Gasteiger partial charge on any atom is -0.496 e. The SMILES string of the molecule is COc1ccccc1C(=O)Oc1ccc(C(=O)/C=C\c2ccc(N(C)C)cc2)cc1. The Balaban J connectivity index is 1.64. The van der Waals surface area contributed by atoms with Crippen molar-refractivity contribution in [1.82, 2.24) is 0 Å². The maximum atomic E-state index is 12.4. The zero-order valence-electron chi connectivity index (χ0n) is 17.2. The Morgan fingerprint density at radius 3 is 2.17 bits per heavy atom. The van der Waals surface area contributed by atoms with Crippen LogP contribution < -0.4 is 14.4 Å². The molecule has 0 bridgehead atoms. The van der Waals surface area contributed by atoms with Crippen LogP contribution in [0.1, 0.15) is 26.3 Å². The van der Waals surface area contributed by atoms with E-state index in [2.05, 4.69) is 0 Å². The molecule has 3 aromatic carbocycles. The van der Waals surface area contributed by atoms with Gasteiger partial charge in [-0.1, -0.05) is 30.3 Å². The zero-order valence-corrected chi connectivity index (χ0v) is 17.2. The Hall–Kier alpha value is -3.86. The molecule has 0 heterocycles. The molecule has 0 aliphatic rings. The maximum Gasteiger partial charge on any atom is 0.347 e. The van der Waals surface area contributed by atoms with Gasteiger partial charge in [0.05, 0.1) is 7.11 Å². The van der Waals surface area contributed by atoms with Crippen LogP contribution in [0.5, 0.6) is 11.5 Å². The number of esters is 1. The van der Waals surface area contributed by atoms with Crippen LogP contribution in [-0.4, -0.2) is 33.0 Å². The van der Waals surface area contributed by atoms with Crippen molar-refractivity contribution in [3.63, 3.8) is 0 Å². The van der Waals surface area contributed by atoms with Crippen molar-refractivity contribution in [2.45, 2.75) is 0 Å². The Labute approximate surface area is 176 Å². The number of ketones is 1. The first-order valence-corrected chi connectivity index (χ1v) is 9.43. The number of carbonyl (C=O) groups excluding carboxylic acids is 2. The largest absolute Gasteiger partial charge is 0.496 e. The predicted molar refractivity (Wildman–Crippen MR) is 119 cm³/mol. The van der Waals surface area contributed by atoms with E-state index in [-0.39, 0.29) is 5.78 Å². The first kappa shape index (κ1) is 20.9.